The van der Waals surface area contributed by atoms with Crippen molar-refractivity contribution in [2.45, 2.75) is 13.8 Å². The Morgan fingerprint density at radius 2 is 1.93 bits per heavy atom. The van der Waals surface area contributed by atoms with E-state index in [0.29, 0.717) is 28.3 Å². The number of phenolic OH excluding ortho intramolecular Hbond substituents is 1. The van der Waals surface area contributed by atoms with E-state index in [-0.39, 0.29) is 11.7 Å². The van der Waals surface area contributed by atoms with Crippen LogP contribution < -0.4 is 5.32 Å². The van der Waals surface area contributed by atoms with Crippen LogP contribution in [0.5, 0.6) is 5.75 Å². The number of nitrogens with one attached hydrogen (secondary N) is 1. The van der Waals surface area contributed by atoms with Crippen LogP contribution in [0.4, 0.5) is 5.69 Å². The van der Waals surface area contributed by atoms with Crippen molar-refractivity contribution < 1.29 is 14.3 Å². The predicted molar refractivity (Wildman–Crippen MR) is 118 cm³/mol. The molecule has 0 saturated carbocycles. The molecule has 0 bridgehead atoms. The first-order chi connectivity index (χ1) is 13.4. The Morgan fingerprint density at radius 1 is 1.11 bits per heavy atom. The first-order valence-electron chi connectivity index (χ1n) is 8.69. The number of benzene rings is 3. The van der Waals surface area contributed by atoms with Gasteiger partial charge in [0.05, 0.1) is 5.56 Å². The van der Waals surface area contributed by atoms with Crippen molar-refractivity contribution in [1.29, 1.82) is 0 Å². The molecule has 0 radical (unpaired) electrons. The predicted octanol–water partition coefficient (Wildman–Crippen LogP) is 5.67. The maximum absolute atomic E-state index is 12.4. The summed E-state index contributed by atoms with van der Waals surface area (Å²) in [4.78, 5) is 16.9. The SMILES string of the molecule is Cc1cc(C)c2oc(-c3ccc(NC(=O)c4cccc(I)c4)cc3O)nc2c1. The number of aromatic hydroxyl groups is 1. The van der Waals surface area contributed by atoms with E-state index in [1.54, 1.807) is 24.3 Å². The van der Waals surface area contributed by atoms with E-state index in [1.807, 2.05) is 38.1 Å². The number of hydrogen-bond donors (Lipinski definition) is 2. The number of fused-ring (bicyclic) bond motifs is 1. The lowest BCUT2D eigenvalue weighted by atomic mass is 10.1. The molecular weight excluding hydrogens is 467 g/mol. The van der Waals surface area contributed by atoms with Crippen LogP contribution in [0.2, 0.25) is 0 Å². The second-order valence-electron chi connectivity index (χ2n) is 6.65. The zero-order valence-corrected chi connectivity index (χ0v) is 17.4. The molecule has 140 valence electrons. The average molecular weight is 484 g/mol. The number of anilines is 1. The van der Waals surface area contributed by atoms with Crippen molar-refractivity contribution in [1.82, 2.24) is 4.98 Å². The molecule has 0 unspecified atom stereocenters. The van der Waals surface area contributed by atoms with Gasteiger partial charge in [-0.3, -0.25) is 4.79 Å². The summed E-state index contributed by atoms with van der Waals surface area (Å²) in [7, 11) is 0. The molecule has 1 aromatic heterocycles. The van der Waals surface area contributed by atoms with E-state index >= 15 is 0 Å². The fraction of sp³-hybridized carbons (Fsp3) is 0.0909. The van der Waals surface area contributed by atoms with Gasteiger partial charge in [0.25, 0.3) is 5.91 Å². The lowest BCUT2D eigenvalue weighted by molar-refractivity contribution is 0.102. The maximum Gasteiger partial charge on any atom is 0.255 e. The lowest BCUT2D eigenvalue weighted by Gasteiger charge is -2.08. The van der Waals surface area contributed by atoms with Gasteiger partial charge in [0.1, 0.15) is 11.3 Å². The molecule has 5 nitrogen and oxygen atoms in total. The first-order valence-corrected chi connectivity index (χ1v) is 9.77. The minimum Gasteiger partial charge on any atom is -0.507 e. The molecule has 0 aliphatic rings. The molecule has 0 fully saturated rings. The molecule has 0 spiro atoms. The highest BCUT2D eigenvalue weighted by molar-refractivity contribution is 14.1. The summed E-state index contributed by atoms with van der Waals surface area (Å²) < 4.78 is 6.84. The van der Waals surface area contributed by atoms with Gasteiger partial charge in [-0.1, -0.05) is 12.1 Å². The quantitative estimate of drug-likeness (QED) is 0.368. The van der Waals surface area contributed by atoms with Crippen LogP contribution in [0.1, 0.15) is 21.5 Å². The standard InChI is InChI=1S/C22H17IN2O3/c1-12-8-13(2)20-18(9-12)25-22(28-20)17-7-6-16(11-19(17)26)24-21(27)14-4-3-5-15(23)10-14/h3-11,26H,1-2H3,(H,24,27). The smallest absolute Gasteiger partial charge is 0.255 e. The van der Waals surface area contributed by atoms with Gasteiger partial charge in [-0.2, -0.15) is 0 Å². The summed E-state index contributed by atoms with van der Waals surface area (Å²) in [5.74, 6) is 0.0942. The molecule has 4 rings (SSSR count). The van der Waals surface area contributed by atoms with Crippen molar-refractivity contribution in [2.75, 3.05) is 5.32 Å². The average Bonchev–Trinajstić information content (AvgIpc) is 3.05. The normalized spacial score (nSPS) is 11.0. The number of oxazole rings is 1. The number of carbonyl (C=O) groups is 1. The van der Waals surface area contributed by atoms with Crippen LogP contribution in [0.15, 0.2) is 59.0 Å². The Kier molecular flexibility index (Phi) is 4.80. The zero-order chi connectivity index (χ0) is 19.8. The van der Waals surface area contributed by atoms with Crippen LogP contribution >= 0.6 is 22.6 Å². The van der Waals surface area contributed by atoms with Crippen molar-refractivity contribution in [3.8, 4) is 17.2 Å². The summed E-state index contributed by atoms with van der Waals surface area (Å²) in [6.45, 7) is 3.97. The molecule has 0 aliphatic heterocycles. The van der Waals surface area contributed by atoms with Crippen LogP contribution in [-0.4, -0.2) is 16.0 Å². The number of amides is 1. The Labute approximate surface area is 175 Å². The molecule has 0 saturated heterocycles. The molecule has 6 heteroatoms. The van der Waals surface area contributed by atoms with Crippen molar-refractivity contribution in [3.05, 3.63) is 74.9 Å². The second kappa shape index (κ2) is 7.27. The number of halogens is 1. The molecule has 0 atom stereocenters. The number of rotatable bonds is 3. The third-order valence-corrected chi connectivity index (χ3v) is 5.06. The van der Waals surface area contributed by atoms with Gasteiger partial charge in [0, 0.05) is 20.9 Å². The Balaban J connectivity index is 1.63. The minimum atomic E-state index is -0.237. The molecule has 0 aliphatic carbocycles. The number of aromatic nitrogens is 1. The maximum atomic E-state index is 12.4. The fourth-order valence-corrected chi connectivity index (χ4v) is 3.66. The summed E-state index contributed by atoms with van der Waals surface area (Å²) in [6, 6.07) is 16.2. The van der Waals surface area contributed by atoms with Gasteiger partial charge in [0.2, 0.25) is 5.89 Å². The highest BCUT2D eigenvalue weighted by Crippen LogP contribution is 2.34. The number of aryl methyl sites for hydroxylation is 2. The van der Waals surface area contributed by atoms with Crippen LogP contribution in [0.25, 0.3) is 22.6 Å². The number of phenols is 1. The number of nitrogens with zero attached hydrogens (tertiary/aromatic N) is 1. The van der Waals surface area contributed by atoms with Crippen molar-refractivity contribution in [2.24, 2.45) is 0 Å². The van der Waals surface area contributed by atoms with Crippen LogP contribution in [0, 0.1) is 17.4 Å². The fourth-order valence-electron chi connectivity index (χ4n) is 3.12. The Morgan fingerprint density at radius 3 is 2.68 bits per heavy atom. The summed E-state index contributed by atoms with van der Waals surface area (Å²) in [5, 5.41) is 13.3. The third-order valence-electron chi connectivity index (χ3n) is 4.39. The van der Waals surface area contributed by atoms with E-state index in [2.05, 4.69) is 32.9 Å². The molecule has 28 heavy (non-hydrogen) atoms. The summed E-state index contributed by atoms with van der Waals surface area (Å²) >= 11 is 2.16. The molecule has 1 heterocycles. The largest absolute Gasteiger partial charge is 0.507 e. The lowest BCUT2D eigenvalue weighted by Crippen LogP contribution is -2.11. The summed E-state index contributed by atoms with van der Waals surface area (Å²) in [5.41, 5.74) is 5.07. The van der Waals surface area contributed by atoms with Crippen molar-refractivity contribution >= 4 is 45.3 Å². The Hall–Kier alpha value is -2.87. The van der Waals surface area contributed by atoms with E-state index in [9.17, 15) is 9.90 Å². The molecule has 4 aromatic rings. The molecule has 1 amide bonds. The minimum absolute atomic E-state index is 0.0126. The van der Waals surface area contributed by atoms with Crippen LogP contribution in [0.3, 0.4) is 0 Å². The Bertz CT molecular complexity index is 1210. The van der Waals surface area contributed by atoms with E-state index < -0.39 is 0 Å². The van der Waals surface area contributed by atoms with Gasteiger partial charge in [-0.05, 0) is 84.0 Å². The first kappa shape index (κ1) is 18.5. The molecule has 2 N–H and O–H groups in total. The van der Waals surface area contributed by atoms with Gasteiger partial charge >= 0.3 is 0 Å². The van der Waals surface area contributed by atoms with E-state index in [0.717, 1.165) is 20.2 Å². The highest BCUT2D eigenvalue weighted by Gasteiger charge is 2.15. The van der Waals surface area contributed by atoms with Gasteiger partial charge in [-0.25, -0.2) is 4.98 Å². The van der Waals surface area contributed by atoms with Gasteiger partial charge in [0.15, 0.2) is 5.58 Å². The van der Waals surface area contributed by atoms with Gasteiger partial charge in [-0.15, -0.1) is 0 Å². The summed E-state index contributed by atoms with van der Waals surface area (Å²) in [6.07, 6.45) is 0. The topological polar surface area (TPSA) is 75.4 Å². The molecular formula is C22H17IN2O3. The van der Waals surface area contributed by atoms with E-state index in [1.165, 1.54) is 6.07 Å². The second-order valence-corrected chi connectivity index (χ2v) is 7.89. The zero-order valence-electron chi connectivity index (χ0n) is 15.3. The van der Waals surface area contributed by atoms with Crippen molar-refractivity contribution in [3.63, 3.8) is 0 Å². The highest BCUT2D eigenvalue weighted by atomic mass is 127. The van der Waals surface area contributed by atoms with Crippen LogP contribution in [-0.2, 0) is 0 Å². The molecule has 3 aromatic carbocycles. The monoisotopic (exact) mass is 484 g/mol. The third kappa shape index (κ3) is 3.60. The van der Waals surface area contributed by atoms with E-state index in [4.69, 9.17) is 4.42 Å². The number of hydrogen-bond acceptors (Lipinski definition) is 4. The number of carbonyl (C=O) groups excluding carboxylic acids is 1. The van der Waals surface area contributed by atoms with Gasteiger partial charge < -0.3 is 14.8 Å².